The summed E-state index contributed by atoms with van der Waals surface area (Å²) in [5.41, 5.74) is 15.4. The highest BCUT2D eigenvalue weighted by Gasteiger charge is 2.21. The summed E-state index contributed by atoms with van der Waals surface area (Å²) in [5.74, 6) is 0. The molecule has 0 atom stereocenters. The van der Waals surface area contributed by atoms with Gasteiger partial charge in [0.2, 0.25) is 0 Å². The summed E-state index contributed by atoms with van der Waals surface area (Å²) in [6.07, 6.45) is 0. The van der Waals surface area contributed by atoms with Crippen LogP contribution in [0.2, 0.25) is 0 Å². The summed E-state index contributed by atoms with van der Waals surface area (Å²) in [4.78, 5) is 5.33. The van der Waals surface area contributed by atoms with E-state index in [-0.39, 0.29) is 0 Å². The van der Waals surface area contributed by atoms with Gasteiger partial charge in [0.25, 0.3) is 0 Å². The lowest BCUT2D eigenvalue weighted by Gasteiger charge is -2.16. The van der Waals surface area contributed by atoms with Gasteiger partial charge in [-0.1, -0.05) is 158 Å². The van der Waals surface area contributed by atoms with E-state index in [4.69, 9.17) is 9.40 Å². The lowest BCUT2D eigenvalue weighted by Crippen LogP contribution is -1.93. The van der Waals surface area contributed by atoms with E-state index in [0.29, 0.717) is 0 Å². The maximum Gasteiger partial charge on any atom is 0.136 e. The molecule has 0 fully saturated rings. The average Bonchev–Trinajstić information content (AvgIpc) is 3.84. The maximum atomic E-state index is 6.57. The molecule has 0 N–H and O–H groups in total. The molecule has 0 radical (unpaired) electrons. The molecular weight excluding hydrogens is 705 g/mol. The topological polar surface area (TPSA) is 31.0 Å². The fourth-order valence-corrected chi connectivity index (χ4v) is 9.11. The quantitative estimate of drug-likeness (QED) is 0.165. The number of rotatable bonds is 5. The monoisotopic (exact) mass is 738 g/mol. The minimum Gasteiger partial charge on any atom is -0.456 e. The first-order chi connectivity index (χ1) is 28.8. The molecule has 12 rings (SSSR count). The molecule has 270 valence electrons. The zero-order valence-electron chi connectivity index (χ0n) is 31.4. The number of furan rings is 1. The van der Waals surface area contributed by atoms with Crippen molar-refractivity contribution in [2.45, 2.75) is 0 Å². The number of fused-ring (bicyclic) bond motifs is 9. The lowest BCUT2D eigenvalue weighted by molar-refractivity contribution is 0.669. The van der Waals surface area contributed by atoms with Crippen molar-refractivity contribution in [3.63, 3.8) is 0 Å². The minimum atomic E-state index is 0.865. The Labute approximate surface area is 334 Å². The summed E-state index contributed by atoms with van der Waals surface area (Å²) in [6, 6.07) is 73.7. The van der Waals surface area contributed by atoms with Crippen LogP contribution in [-0.4, -0.2) is 9.55 Å². The van der Waals surface area contributed by atoms with Crippen LogP contribution in [0.25, 0.3) is 116 Å². The smallest absolute Gasteiger partial charge is 0.136 e. The predicted octanol–water partition coefficient (Wildman–Crippen LogP) is 15.1. The number of nitrogens with zero attached hydrogens (tertiary/aromatic N) is 2. The van der Waals surface area contributed by atoms with Crippen molar-refractivity contribution in [3.05, 3.63) is 206 Å². The van der Waals surface area contributed by atoms with Crippen molar-refractivity contribution in [2.75, 3.05) is 0 Å². The molecule has 58 heavy (non-hydrogen) atoms. The van der Waals surface area contributed by atoms with Crippen molar-refractivity contribution in [1.29, 1.82) is 0 Å². The van der Waals surface area contributed by atoms with E-state index in [0.717, 1.165) is 60.6 Å². The fraction of sp³-hybridized carbons (Fsp3) is 0. The molecule has 3 aromatic heterocycles. The number of benzene rings is 9. The Hall–Kier alpha value is -7.75. The molecule has 3 heterocycles. The van der Waals surface area contributed by atoms with Gasteiger partial charge in [0, 0.05) is 54.5 Å². The third kappa shape index (κ3) is 5.04. The molecule has 0 aliphatic carbocycles. The molecule has 0 amide bonds. The summed E-state index contributed by atoms with van der Waals surface area (Å²) < 4.78 is 8.93. The Morgan fingerprint density at radius 2 is 0.914 bits per heavy atom. The molecule has 0 aliphatic rings. The second-order valence-corrected chi connectivity index (χ2v) is 15.1. The van der Waals surface area contributed by atoms with Gasteiger partial charge in [0.1, 0.15) is 11.2 Å². The van der Waals surface area contributed by atoms with Gasteiger partial charge in [-0.15, -0.1) is 0 Å². The normalized spacial score (nSPS) is 11.8. The highest BCUT2D eigenvalue weighted by molar-refractivity contribution is 6.27. The van der Waals surface area contributed by atoms with Crippen LogP contribution in [0.3, 0.4) is 0 Å². The van der Waals surface area contributed by atoms with Crippen LogP contribution in [0, 0.1) is 0 Å². The zero-order chi connectivity index (χ0) is 38.2. The van der Waals surface area contributed by atoms with Crippen LogP contribution < -0.4 is 0 Å². The lowest BCUT2D eigenvalue weighted by atomic mass is 9.89. The van der Waals surface area contributed by atoms with Gasteiger partial charge in [-0.25, -0.2) is 4.98 Å². The van der Waals surface area contributed by atoms with Gasteiger partial charge >= 0.3 is 0 Å². The number of aromatic nitrogens is 2. The third-order valence-corrected chi connectivity index (χ3v) is 11.8. The third-order valence-electron chi connectivity index (χ3n) is 11.8. The van der Waals surface area contributed by atoms with Gasteiger partial charge in [-0.2, -0.15) is 0 Å². The first kappa shape index (κ1) is 32.5. The van der Waals surface area contributed by atoms with E-state index in [1.807, 2.05) is 6.07 Å². The van der Waals surface area contributed by atoms with E-state index in [9.17, 15) is 0 Å². The van der Waals surface area contributed by atoms with Crippen LogP contribution in [-0.2, 0) is 0 Å². The molecule has 0 aliphatic heterocycles. The van der Waals surface area contributed by atoms with Crippen LogP contribution >= 0.6 is 0 Å². The van der Waals surface area contributed by atoms with E-state index in [1.165, 1.54) is 55.1 Å². The Balaban J connectivity index is 0.952. The predicted molar refractivity (Wildman–Crippen MR) is 243 cm³/mol. The summed E-state index contributed by atoms with van der Waals surface area (Å²) >= 11 is 0. The van der Waals surface area contributed by atoms with Crippen molar-refractivity contribution in [3.8, 4) is 50.3 Å². The van der Waals surface area contributed by atoms with E-state index >= 15 is 0 Å². The Morgan fingerprint density at radius 3 is 1.67 bits per heavy atom. The molecule has 3 nitrogen and oxygen atoms in total. The van der Waals surface area contributed by atoms with Crippen LogP contribution in [0.4, 0.5) is 0 Å². The Kier molecular flexibility index (Phi) is 7.23. The van der Waals surface area contributed by atoms with Crippen molar-refractivity contribution >= 4 is 65.4 Å². The SMILES string of the molecule is c1ccc(-c2c3c(cc4c(-c5ccc(-c6ccc(-c7ccc8c(c7)c7ccccc7n8-c7ccccc7)cc6)cc5)nc5ccccc5c24)oc2ccccc23)cc1. The molecule has 0 bridgehead atoms. The molecule has 0 saturated carbocycles. The fourth-order valence-electron chi connectivity index (χ4n) is 9.11. The van der Waals surface area contributed by atoms with Crippen molar-refractivity contribution < 1.29 is 4.42 Å². The van der Waals surface area contributed by atoms with E-state index in [2.05, 4.69) is 205 Å². The maximum absolute atomic E-state index is 6.57. The molecule has 9 aromatic carbocycles. The van der Waals surface area contributed by atoms with E-state index in [1.54, 1.807) is 0 Å². The van der Waals surface area contributed by atoms with E-state index < -0.39 is 0 Å². The van der Waals surface area contributed by atoms with Crippen LogP contribution in [0.15, 0.2) is 211 Å². The summed E-state index contributed by atoms with van der Waals surface area (Å²) in [5, 5.41) is 8.15. The second kappa shape index (κ2) is 12.9. The standard InChI is InChI=1S/C55H34N2O/c1-3-13-38(14-4-1)52-53-43-18-7-10-20-47(43)56-55(46(53)34-51-54(52)44-19-9-12-22-50(44)58-51)39-29-27-36(28-30-39)35-23-25-37(26-24-35)40-31-32-49-45(33-40)42-17-8-11-21-48(42)57(49)41-15-5-2-6-16-41/h1-34H. The molecule has 3 heteroatoms. The summed E-state index contributed by atoms with van der Waals surface area (Å²) in [7, 11) is 0. The Bertz CT molecular complexity index is 3520. The Morgan fingerprint density at radius 1 is 0.345 bits per heavy atom. The van der Waals surface area contributed by atoms with Crippen molar-refractivity contribution in [2.24, 2.45) is 0 Å². The summed E-state index contributed by atoms with van der Waals surface area (Å²) in [6.45, 7) is 0. The molecular formula is C55H34N2O. The van der Waals surface area contributed by atoms with Gasteiger partial charge in [0.15, 0.2) is 0 Å². The van der Waals surface area contributed by atoms with Crippen LogP contribution in [0.5, 0.6) is 0 Å². The number of pyridine rings is 1. The first-order valence-corrected chi connectivity index (χ1v) is 19.8. The van der Waals surface area contributed by atoms with Gasteiger partial charge in [0.05, 0.1) is 22.2 Å². The minimum absolute atomic E-state index is 0.865. The second-order valence-electron chi connectivity index (χ2n) is 15.1. The molecule has 0 unspecified atom stereocenters. The van der Waals surface area contributed by atoms with Gasteiger partial charge < -0.3 is 8.98 Å². The highest BCUT2D eigenvalue weighted by atomic mass is 16.3. The van der Waals surface area contributed by atoms with Gasteiger partial charge in [-0.3, -0.25) is 0 Å². The highest BCUT2D eigenvalue weighted by Crippen LogP contribution is 2.46. The number of hydrogen-bond donors (Lipinski definition) is 0. The molecule has 12 aromatic rings. The number of hydrogen-bond acceptors (Lipinski definition) is 2. The largest absolute Gasteiger partial charge is 0.456 e. The first-order valence-electron chi connectivity index (χ1n) is 19.8. The molecule has 0 spiro atoms. The molecule has 0 saturated heterocycles. The number of para-hydroxylation sites is 4. The van der Waals surface area contributed by atoms with Crippen molar-refractivity contribution in [1.82, 2.24) is 9.55 Å². The zero-order valence-corrected chi connectivity index (χ0v) is 31.4. The average molecular weight is 739 g/mol. The van der Waals surface area contributed by atoms with Crippen LogP contribution in [0.1, 0.15) is 0 Å². The van der Waals surface area contributed by atoms with Gasteiger partial charge in [-0.05, 0) is 76.3 Å².